The molecule has 1 N–H and O–H groups in total. The summed E-state index contributed by atoms with van der Waals surface area (Å²) in [6.07, 6.45) is 8.00. The second-order valence-corrected chi connectivity index (χ2v) is 5.59. The molecule has 0 saturated carbocycles. The summed E-state index contributed by atoms with van der Waals surface area (Å²) in [4.78, 5) is 12.3. The van der Waals surface area contributed by atoms with Crippen LogP contribution in [0.4, 0.5) is 0 Å². The van der Waals surface area contributed by atoms with Gasteiger partial charge in [-0.25, -0.2) is 0 Å². The molecule has 1 aromatic rings. The number of rotatable bonds is 5. The fraction of sp³-hybridized carbons (Fsp3) is 0.316. The van der Waals surface area contributed by atoms with E-state index in [2.05, 4.69) is 36.5 Å². The molecule has 1 heterocycles. The van der Waals surface area contributed by atoms with Gasteiger partial charge in [0.2, 0.25) is 12.7 Å². The normalized spacial score (nSPS) is 16.1. The maximum Gasteiger partial charge on any atom is 0.247 e. The molecule has 1 aliphatic carbocycles. The molecule has 2 aliphatic rings. The first-order chi connectivity index (χ1) is 11.3. The maximum atomic E-state index is 12.3. The first-order valence-corrected chi connectivity index (χ1v) is 7.99. The lowest BCUT2D eigenvalue weighted by atomic mass is 10.1. The van der Waals surface area contributed by atoms with Crippen LogP contribution in [-0.2, 0) is 27.1 Å². The van der Waals surface area contributed by atoms with E-state index in [0.29, 0.717) is 30.1 Å². The highest BCUT2D eigenvalue weighted by Gasteiger charge is 2.18. The summed E-state index contributed by atoms with van der Waals surface area (Å²) < 4.78 is 10.7. The average Bonchev–Trinajstić information content (AvgIpc) is 2.92. The monoisotopic (exact) mass is 311 g/mol. The van der Waals surface area contributed by atoms with Gasteiger partial charge in [-0.1, -0.05) is 37.3 Å². The Morgan fingerprint density at radius 2 is 1.87 bits per heavy atom. The molecule has 0 bridgehead atoms. The zero-order chi connectivity index (χ0) is 16.1. The van der Waals surface area contributed by atoms with Gasteiger partial charge in [0.25, 0.3) is 0 Å². The molecule has 23 heavy (non-hydrogen) atoms. The van der Waals surface area contributed by atoms with Crippen LogP contribution in [0.5, 0.6) is 0 Å². The van der Waals surface area contributed by atoms with Crippen molar-refractivity contribution in [2.24, 2.45) is 0 Å². The highest BCUT2D eigenvalue weighted by molar-refractivity contribution is 5.94. The van der Waals surface area contributed by atoms with E-state index in [1.54, 1.807) is 6.08 Å². The lowest BCUT2D eigenvalue weighted by Gasteiger charge is -2.08. The zero-order valence-electron chi connectivity index (χ0n) is 13.3. The largest absolute Gasteiger partial charge is 0.454 e. The zero-order valence-corrected chi connectivity index (χ0v) is 13.3. The quantitative estimate of drug-likeness (QED) is 0.909. The van der Waals surface area contributed by atoms with Crippen LogP contribution < -0.4 is 5.32 Å². The Balaban J connectivity index is 1.54. The van der Waals surface area contributed by atoms with E-state index in [0.717, 1.165) is 12.8 Å². The van der Waals surface area contributed by atoms with Crippen LogP contribution >= 0.6 is 0 Å². The smallest absolute Gasteiger partial charge is 0.247 e. The number of hydrogen-bond acceptors (Lipinski definition) is 3. The minimum absolute atomic E-state index is 0.0518. The van der Waals surface area contributed by atoms with Gasteiger partial charge >= 0.3 is 0 Å². The lowest BCUT2D eigenvalue weighted by molar-refractivity contribution is -0.117. The molecule has 120 valence electrons. The molecule has 0 atom stereocenters. The molecule has 4 nitrogen and oxygen atoms in total. The number of benzene rings is 1. The van der Waals surface area contributed by atoms with Crippen molar-refractivity contribution in [3.8, 4) is 0 Å². The van der Waals surface area contributed by atoms with Crippen LogP contribution in [0.1, 0.15) is 24.5 Å². The van der Waals surface area contributed by atoms with Crippen LogP contribution in [0, 0.1) is 0 Å². The van der Waals surface area contributed by atoms with Gasteiger partial charge in [-0.15, -0.1) is 0 Å². The fourth-order valence-corrected chi connectivity index (χ4v) is 2.59. The van der Waals surface area contributed by atoms with Crippen molar-refractivity contribution in [3.63, 3.8) is 0 Å². The van der Waals surface area contributed by atoms with Crippen molar-refractivity contribution in [1.82, 2.24) is 5.32 Å². The predicted octanol–water partition coefficient (Wildman–Crippen LogP) is 3.01. The van der Waals surface area contributed by atoms with E-state index in [4.69, 9.17) is 9.47 Å². The Morgan fingerprint density at radius 3 is 2.65 bits per heavy atom. The van der Waals surface area contributed by atoms with Crippen molar-refractivity contribution in [1.29, 1.82) is 0 Å². The second kappa shape index (κ2) is 7.18. The number of nitrogens with one attached hydrogen (secondary N) is 1. The van der Waals surface area contributed by atoms with Gasteiger partial charge in [0, 0.05) is 12.1 Å². The van der Waals surface area contributed by atoms with Gasteiger partial charge in [-0.05, 0) is 42.5 Å². The summed E-state index contributed by atoms with van der Waals surface area (Å²) in [6.45, 7) is 2.98. The van der Waals surface area contributed by atoms with Crippen LogP contribution in [0.2, 0.25) is 0 Å². The van der Waals surface area contributed by atoms with E-state index in [1.807, 2.05) is 12.2 Å². The summed E-state index contributed by atoms with van der Waals surface area (Å²) in [5.41, 5.74) is 3.25. The molecular formula is C19H21NO3. The third kappa shape index (κ3) is 3.83. The summed E-state index contributed by atoms with van der Waals surface area (Å²) in [5, 5.41) is 2.98. The molecule has 0 aromatic heterocycles. The summed E-state index contributed by atoms with van der Waals surface area (Å²) in [7, 11) is 0. The van der Waals surface area contributed by atoms with Gasteiger partial charge in [0.1, 0.15) is 0 Å². The van der Waals surface area contributed by atoms with Crippen LogP contribution in [0.3, 0.4) is 0 Å². The van der Waals surface area contributed by atoms with Crippen LogP contribution in [-0.4, -0.2) is 19.2 Å². The average molecular weight is 311 g/mol. The fourth-order valence-electron chi connectivity index (χ4n) is 2.59. The Labute approximate surface area is 136 Å². The molecule has 0 fully saturated rings. The molecule has 4 heteroatoms. The van der Waals surface area contributed by atoms with E-state index < -0.39 is 0 Å². The van der Waals surface area contributed by atoms with Crippen molar-refractivity contribution < 1.29 is 14.3 Å². The molecule has 0 unspecified atom stereocenters. The molecular weight excluding hydrogens is 290 g/mol. The Morgan fingerprint density at radius 1 is 1.13 bits per heavy atom. The van der Waals surface area contributed by atoms with Gasteiger partial charge in [-0.2, -0.15) is 0 Å². The number of amides is 1. The molecule has 1 amide bonds. The van der Waals surface area contributed by atoms with Crippen molar-refractivity contribution in [2.75, 3.05) is 13.3 Å². The van der Waals surface area contributed by atoms with E-state index in [1.165, 1.54) is 11.1 Å². The number of carbonyl (C=O) groups excluding carboxylic acids is 1. The Bertz CT molecular complexity index is 668. The minimum Gasteiger partial charge on any atom is -0.454 e. The van der Waals surface area contributed by atoms with E-state index >= 15 is 0 Å². The highest BCUT2D eigenvalue weighted by atomic mass is 16.7. The molecule has 0 radical (unpaired) electrons. The molecule has 3 rings (SSSR count). The van der Waals surface area contributed by atoms with Gasteiger partial charge in [0.05, 0.1) is 0 Å². The number of allylic oxidation sites excluding steroid dienone is 3. The van der Waals surface area contributed by atoms with Crippen molar-refractivity contribution in [3.05, 3.63) is 70.7 Å². The summed E-state index contributed by atoms with van der Waals surface area (Å²) in [6, 6.07) is 8.53. The number of carbonyl (C=O) groups is 1. The third-order valence-corrected chi connectivity index (χ3v) is 4.01. The second-order valence-electron chi connectivity index (χ2n) is 5.59. The molecule has 1 aliphatic heterocycles. The molecule has 0 saturated heterocycles. The Hall–Kier alpha value is -2.49. The molecule has 0 spiro atoms. The van der Waals surface area contributed by atoms with Crippen LogP contribution in [0.25, 0.3) is 0 Å². The summed E-state index contributed by atoms with van der Waals surface area (Å²) in [5.74, 6) is 1.28. The summed E-state index contributed by atoms with van der Waals surface area (Å²) >= 11 is 0. The minimum atomic E-state index is -0.0518. The first-order valence-electron chi connectivity index (χ1n) is 7.99. The van der Waals surface area contributed by atoms with Crippen molar-refractivity contribution >= 4 is 5.91 Å². The number of aryl methyl sites for hydroxylation is 1. The van der Waals surface area contributed by atoms with Gasteiger partial charge < -0.3 is 14.8 Å². The molecule has 1 aromatic carbocycles. The van der Waals surface area contributed by atoms with Crippen molar-refractivity contribution in [2.45, 2.75) is 26.2 Å². The van der Waals surface area contributed by atoms with E-state index in [9.17, 15) is 4.79 Å². The van der Waals surface area contributed by atoms with Gasteiger partial charge in [-0.3, -0.25) is 4.79 Å². The third-order valence-electron chi connectivity index (χ3n) is 4.01. The maximum absolute atomic E-state index is 12.3. The topological polar surface area (TPSA) is 47.6 Å². The van der Waals surface area contributed by atoms with Gasteiger partial charge in [0.15, 0.2) is 11.5 Å². The standard InChI is InChI=1S/C19H21NO3/c1-2-14-6-8-15(9-7-14)10-11-20-19(21)16-4-3-5-17-18(12-16)23-13-22-17/h3,5-9,12H,2,4,10-11,13H2,1H3,(H,20,21). The van der Waals surface area contributed by atoms with E-state index in [-0.39, 0.29) is 12.7 Å². The first kappa shape index (κ1) is 15.4. The SMILES string of the molecule is CCc1ccc(CCNC(=O)C2=CC3=C(C=CC2)OCO3)cc1. The number of hydrogen-bond donors (Lipinski definition) is 1. The lowest BCUT2D eigenvalue weighted by Crippen LogP contribution is -2.27. The Kier molecular flexibility index (Phi) is 4.81. The predicted molar refractivity (Wildman–Crippen MR) is 88.4 cm³/mol. The highest BCUT2D eigenvalue weighted by Crippen LogP contribution is 2.24. The van der Waals surface area contributed by atoms with Crippen LogP contribution in [0.15, 0.2) is 59.6 Å². The number of ether oxygens (including phenoxy) is 2.